The molecule has 1 aliphatic carbocycles. The molecule has 1 aromatic rings. The van der Waals surface area contributed by atoms with Crippen molar-refractivity contribution in [3.8, 4) is 0 Å². The number of hydrogen-bond donors (Lipinski definition) is 1. The number of rotatable bonds is 4. The molecule has 0 aliphatic heterocycles. The molecule has 2 N–H and O–H groups in total. The van der Waals surface area contributed by atoms with Gasteiger partial charge in [0.2, 0.25) is 0 Å². The van der Waals surface area contributed by atoms with Crippen LogP contribution in [0.4, 0.5) is 15.8 Å². The molecule has 1 aliphatic rings. The quantitative estimate of drug-likeness (QED) is 0.520. The number of amides is 1. The Bertz CT molecular complexity index is 572. The minimum Gasteiger partial charge on any atom is -0.396 e. The Labute approximate surface area is 115 Å². The maximum Gasteiger partial charge on any atom is 0.285 e. The molecule has 0 radical (unpaired) electrons. The van der Waals surface area contributed by atoms with Crippen LogP contribution in [0.2, 0.25) is 0 Å². The summed E-state index contributed by atoms with van der Waals surface area (Å²) < 4.78 is 13.3. The highest BCUT2D eigenvalue weighted by Crippen LogP contribution is 2.35. The van der Waals surface area contributed by atoms with Crippen molar-refractivity contribution in [3.05, 3.63) is 33.6 Å². The number of nitro groups is 1. The third kappa shape index (κ3) is 2.56. The van der Waals surface area contributed by atoms with Crippen molar-refractivity contribution in [2.45, 2.75) is 25.8 Å². The molecule has 7 heteroatoms. The predicted octanol–water partition coefficient (Wildman–Crippen LogP) is 2.19. The maximum atomic E-state index is 13.3. The third-order valence-electron chi connectivity index (χ3n) is 3.78. The summed E-state index contributed by atoms with van der Waals surface area (Å²) in [5, 5.41) is 11.0. The summed E-state index contributed by atoms with van der Waals surface area (Å²) in [6.45, 7) is 1.90. The molecule has 0 aromatic heterocycles. The summed E-state index contributed by atoms with van der Waals surface area (Å²) in [6, 6.07) is 1.72. The van der Waals surface area contributed by atoms with E-state index in [2.05, 4.69) is 0 Å². The van der Waals surface area contributed by atoms with Gasteiger partial charge in [-0.15, -0.1) is 0 Å². The highest BCUT2D eigenvalue weighted by molar-refractivity contribution is 5.99. The lowest BCUT2D eigenvalue weighted by atomic mass is 10.1. The number of nitrogens with zero attached hydrogens (tertiary/aromatic N) is 2. The van der Waals surface area contributed by atoms with Gasteiger partial charge in [0.05, 0.1) is 16.7 Å². The van der Waals surface area contributed by atoms with Gasteiger partial charge < -0.3 is 10.6 Å². The molecule has 1 saturated carbocycles. The van der Waals surface area contributed by atoms with Crippen molar-refractivity contribution in [3.63, 3.8) is 0 Å². The van der Waals surface area contributed by atoms with Gasteiger partial charge in [-0.3, -0.25) is 14.9 Å². The van der Waals surface area contributed by atoms with Crippen molar-refractivity contribution in [1.82, 2.24) is 4.90 Å². The van der Waals surface area contributed by atoms with Crippen LogP contribution in [0.15, 0.2) is 12.1 Å². The van der Waals surface area contributed by atoms with Crippen LogP contribution >= 0.6 is 0 Å². The van der Waals surface area contributed by atoms with E-state index in [1.54, 1.807) is 7.05 Å². The number of nitro benzene ring substituents is 1. The Morgan fingerprint density at radius 1 is 1.55 bits per heavy atom. The smallest absolute Gasteiger partial charge is 0.285 e. The van der Waals surface area contributed by atoms with Gasteiger partial charge in [-0.2, -0.15) is 0 Å². The fourth-order valence-corrected chi connectivity index (χ4v) is 2.17. The van der Waals surface area contributed by atoms with E-state index < -0.39 is 22.3 Å². The highest BCUT2D eigenvalue weighted by atomic mass is 19.1. The molecule has 1 aromatic carbocycles. The molecule has 20 heavy (non-hydrogen) atoms. The van der Waals surface area contributed by atoms with E-state index in [0.717, 1.165) is 18.9 Å². The zero-order valence-electron chi connectivity index (χ0n) is 11.3. The van der Waals surface area contributed by atoms with E-state index >= 15 is 0 Å². The number of nitrogen functional groups attached to an aromatic ring is 1. The number of halogens is 1. The number of hydrogen-bond acceptors (Lipinski definition) is 4. The first-order valence-corrected chi connectivity index (χ1v) is 6.33. The Morgan fingerprint density at radius 3 is 2.65 bits per heavy atom. The molecule has 0 bridgehead atoms. The Hall–Kier alpha value is -2.18. The Kier molecular flexibility index (Phi) is 3.61. The minimum atomic E-state index is -0.897. The second kappa shape index (κ2) is 5.07. The molecule has 0 saturated heterocycles. The maximum absolute atomic E-state index is 13.3. The second-order valence-corrected chi connectivity index (χ2v) is 5.14. The fraction of sp³-hybridized carbons (Fsp3) is 0.462. The van der Waals surface area contributed by atoms with E-state index in [4.69, 9.17) is 5.73 Å². The molecule has 1 unspecified atom stereocenters. The summed E-state index contributed by atoms with van der Waals surface area (Å²) in [4.78, 5) is 24.0. The van der Waals surface area contributed by atoms with Crippen LogP contribution in [0.1, 0.15) is 30.1 Å². The highest BCUT2D eigenvalue weighted by Gasteiger charge is 2.34. The van der Waals surface area contributed by atoms with Crippen molar-refractivity contribution >= 4 is 17.3 Å². The molecule has 6 nitrogen and oxygen atoms in total. The van der Waals surface area contributed by atoms with Crippen LogP contribution in [0, 0.1) is 21.8 Å². The molecule has 1 atom stereocenters. The predicted molar refractivity (Wildman–Crippen MR) is 71.7 cm³/mol. The van der Waals surface area contributed by atoms with Crippen molar-refractivity contribution < 1.29 is 14.1 Å². The van der Waals surface area contributed by atoms with Gasteiger partial charge in [0.1, 0.15) is 5.56 Å². The number of benzene rings is 1. The number of nitrogens with two attached hydrogens (primary N) is 1. The molecule has 1 amide bonds. The van der Waals surface area contributed by atoms with Gasteiger partial charge in [-0.05, 0) is 31.7 Å². The number of carbonyl (C=O) groups excluding carboxylic acids is 1. The van der Waals surface area contributed by atoms with E-state index in [0.29, 0.717) is 12.0 Å². The second-order valence-electron chi connectivity index (χ2n) is 5.14. The average Bonchev–Trinajstić information content (AvgIpc) is 3.23. The van der Waals surface area contributed by atoms with E-state index in [-0.39, 0.29) is 17.3 Å². The van der Waals surface area contributed by atoms with Crippen LogP contribution in [-0.2, 0) is 0 Å². The minimum absolute atomic E-state index is 0.00613. The van der Waals surface area contributed by atoms with E-state index in [1.807, 2.05) is 6.92 Å². The Balaban J connectivity index is 2.37. The van der Waals surface area contributed by atoms with Crippen molar-refractivity contribution in [2.24, 2.45) is 5.92 Å². The molecule has 2 rings (SSSR count). The van der Waals surface area contributed by atoms with E-state index in [9.17, 15) is 19.3 Å². The average molecular weight is 281 g/mol. The first-order valence-electron chi connectivity index (χ1n) is 6.33. The largest absolute Gasteiger partial charge is 0.396 e. The topological polar surface area (TPSA) is 89.5 Å². The first kappa shape index (κ1) is 14.2. The normalized spacial score (nSPS) is 15.8. The number of carbonyl (C=O) groups is 1. The van der Waals surface area contributed by atoms with Gasteiger partial charge in [0.15, 0.2) is 5.82 Å². The summed E-state index contributed by atoms with van der Waals surface area (Å²) in [6.07, 6.45) is 2.10. The summed E-state index contributed by atoms with van der Waals surface area (Å²) in [5.41, 5.74) is 4.40. The van der Waals surface area contributed by atoms with Crippen LogP contribution in [-0.4, -0.2) is 28.8 Å². The molecule has 0 heterocycles. The Morgan fingerprint density at radius 2 is 2.15 bits per heavy atom. The molecular formula is C13H16FN3O3. The molecule has 1 fully saturated rings. The molecule has 0 spiro atoms. The lowest BCUT2D eigenvalue weighted by Gasteiger charge is -2.24. The SMILES string of the molecule is CC(C1CC1)N(C)C(=O)c1cc(N)c(F)cc1[N+](=O)[O-]. The monoisotopic (exact) mass is 281 g/mol. The molecular weight excluding hydrogens is 265 g/mol. The standard InChI is InChI=1S/C13H16FN3O3/c1-7(8-3-4-8)16(2)13(18)9-5-11(15)10(14)6-12(9)17(19)20/h5-8H,3-4,15H2,1-2H3. The lowest BCUT2D eigenvalue weighted by Crippen LogP contribution is -2.36. The van der Waals surface area contributed by atoms with Crippen LogP contribution in [0.25, 0.3) is 0 Å². The van der Waals surface area contributed by atoms with Gasteiger partial charge in [-0.1, -0.05) is 0 Å². The fourth-order valence-electron chi connectivity index (χ4n) is 2.17. The van der Waals surface area contributed by atoms with Gasteiger partial charge in [-0.25, -0.2) is 4.39 Å². The number of anilines is 1. The van der Waals surface area contributed by atoms with Crippen LogP contribution < -0.4 is 5.73 Å². The zero-order valence-corrected chi connectivity index (χ0v) is 11.3. The zero-order chi connectivity index (χ0) is 15.0. The summed E-state index contributed by atoms with van der Waals surface area (Å²) in [5.74, 6) is -0.977. The molecule has 108 valence electrons. The van der Waals surface area contributed by atoms with Gasteiger partial charge in [0.25, 0.3) is 11.6 Å². The van der Waals surface area contributed by atoms with Crippen molar-refractivity contribution in [1.29, 1.82) is 0 Å². The summed E-state index contributed by atoms with van der Waals surface area (Å²) in [7, 11) is 1.59. The van der Waals surface area contributed by atoms with E-state index in [1.165, 1.54) is 4.90 Å². The lowest BCUT2D eigenvalue weighted by molar-refractivity contribution is -0.385. The first-order chi connectivity index (χ1) is 9.32. The van der Waals surface area contributed by atoms with Crippen LogP contribution in [0.3, 0.4) is 0 Å². The van der Waals surface area contributed by atoms with Gasteiger partial charge >= 0.3 is 0 Å². The third-order valence-corrected chi connectivity index (χ3v) is 3.78. The van der Waals surface area contributed by atoms with Crippen molar-refractivity contribution in [2.75, 3.05) is 12.8 Å². The summed E-state index contributed by atoms with van der Waals surface area (Å²) >= 11 is 0. The van der Waals surface area contributed by atoms with Gasteiger partial charge in [0, 0.05) is 13.1 Å². The van der Waals surface area contributed by atoms with Crippen LogP contribution in [0.5, 0.6) is 0 Å².